The monoisotopic (exact) mass is 139 g/mol. The van der Waals surface area contributed by atoms with Crippen LogP contribution >= 0.6 is 0 Å². The molecule has 1 nitrogen and oxygen atoms in total. The first-order valence-electron chi connectivity index (χ1n) is 3.15. The maximum Gasteiger partial charge on any atom is 1.00 e. The topological polar surface area (TPSA) is 26.0 Å². The Morgan fingerprint density at radius 3 is 1.88 bits per heavy atom. The van der Waals surface area contributed by atoms with Crippen LogP contribution in [0.15, 0.2) is 0 Å². The molecule has 0 atom stereocenters. The summed E-state index contributed by atoms with van der Waals surface area (Å²) in [7, 11) is 0. The van der Waals surface area contributed by atoms with Crippen molar-refractivity contribution in [3.8, 4) is 0 Å². The molecule has 1 saturated carbocycles. The maximum atomic E-state index is 5.63. The number of nitrogens with two attached hydrogens (primary N) is 1. The van der Waals surface area contributed by atoms with Gasteiger partial charge in [0.05, 0.1) is 0 Å². The third kappa shape index (κ3) is 3.59. The zero-order chi connectivity index (χ0) is 5.11. The summed E-state index contributed by atoms with van der Waals surface area (Å²) in [5.41, 5.74) is 5.63. The molecule has 0 bridgehead atoms. The molecule has 0 aliphatic heterocycles. The van der Waals surface area contributed by atoms with Crippen LogP contribution in [0.25, 0.3) is 0 Å². The van der Waals surface area contributed by atoms with Crippen LogP contribution in [-0.2, 0) is 0 Å². The molecule has 1 aliphatic carbocycles. The fourth-order valence-electron chi connectivity index (χ4n) is 1.13. The van der Waals surface area contributed by atoms with Crippen molar-refractivity contribution in [2.45, 2.75) is 38.1 Å². The number of rotatable bonds is 0. The Morgan fingerprint density at radius 2 is 1.62 bits per heavy atom. The van der Waals surface area contributed by atoms with Gasteiger partial charge in [0, 0.05) is 6.04 Å². The zero-order valence-corrected chi connectivity index (χ0v) is 8.81. The Labute approximate surface area is 95.3 Å². The summed E-state index contributed by atoms with van der Waals surface area (Å²) < 4.78 is 0. The van der Waals surface area contributed by atoms with Gasteiger partial charge in [-0.25, -0.2) is 0 Å². The van der Waals surface area contributed by atoms with E-state index in [1.807, 2.05) is 0 Å². The normalized spacial score (nSPS) is 22.1. The molecule has 0 aromatic rings. The third-order valence-corrected chi connectivity index (χ3v) is 1.65. The number of hydrogen-bond acceptors (Lipinski definition) is 1. The van der Waals surface area contributed by atoms with Crippen molar-refractivity contribution in [1.29, 1.82) is 0 Å². The largest absolute Gasteiger partial charge is 1.00 e. The van der Waals surface area contributed by atoms with Gasteiger partial charge in [0.1, 0.15) is 0 Å². The molecule has 1 aliphatic rings. The molecule has 2 N–H and O–H groups in total. The smallest absolute Gasteiger partial charge is 1.00 e. The third-order valence-electron chi connectivity index (χ3n) is 1.65. The Bertz CT molecular complexity index is 55.0. The van der Waals surface area contributed by atoms with Crippen molar-refractivity contribution < 1.29 is 52.8 Å². The average Bonchev–Trinajstić information content (AvgIpc) is 1.69. The quantitative estimate of drug-likeness (QED) is 0.402. The van der Waals surface area contributed by atoms with Gasteiger partial charge in [-0.15, -0.1) is 0 Å². The van der Waals surface area contributed by atoms with E-state index in [1.165, 1.54) is 32.1 Å². The van der Waals surface area contributed by atoms with E-state index in [1.54, 1.807) is 0 Å². The summed E-state index contributed by atoms with van der Waals surface area (Å²) in [5.74, 6) is 0. The summed E-state index contributed by atoms with van der Waals surface area (Å²) in [4.78, 5) is 0. The molecule has 0 spiro atoms. The molecular weight excluding hydrogens is 125 g/mol. The minimum Gasteiger partial charge on any atom is -1.00 e. The molecule has 0 saturated heterocycles. The molecule has 8 heavy (non-hydrogen) atoms. The van der Waals surface area contributed by atoms with E-state index in [9.17, 15) is 0 Å². The van der Waals surface area contributed by atoms with E-state index < -0.39 is 0 Å². The van der Waals surface area contributed by atoms with Gasteiger partial charge >= 0.3 is 51.4 Å². The first-order valence-corrected chi connectivity index (χ1v) is 3.15. The molecule has 0 unspecified atom stereocenters. The van der Waals surface area contributed by atoms with Gasteiger partial charge < -0.3 is 7.16 Å². The summed E-state index contributed by atoms with van der Waals surface area (Å²) in [6.07, 6.45) is 6.66. The van der Waals surface area contributed by atoms with Crippen LogP contribution in [-0.4, -0.2) is 6.04 Å². The summed E-state index contributed by atoms with van der Waals surface area (Å²) in [6, 6.07) is 0.536. The fraction of sp³-hybridized carbons (Fsp3) is 1.00. The van der Waals surface area contributed by atoms with E-state index in [2.05, 4.69) is 0 Å². The zero-order valence-electron chi connectivity index (χ0n) is 6.69. The molecule has 0 aromatic heterocycles. The maximum absolute atomic E-state index is 5.63. The molecule has 0 amide bonds. The van der Waals surface area contributed by atoms with E-state index in [4.69, 9.17) is 5.73 Å². The summed E-state index contributed by atoms with van der Waals surface area (Å²) >= 11 is 0. The van der Waals surface area contributed by atoms with Crippen LogP contribution < -0.4 is 57.1 Å². The predicted octanol–water partition coefficient (Wildman–Crippen LogP) is -1.61. The second kappa shape index (κ2) is 5.39. The molecule has 0 radical (unpaired) electrons. The minimum absolute atomic E-state index is 0. The van der Waals surface area contributed by atoms with E-state index >= 15 is 0 Å². The second-order valence-electron chi connectivity index (χ2n) is 2.40. The molecule has 44 valence electrons. The van der Waals surface area contributed by atoms with Crippen molar-refractivity contribution in [1.82, 2.24) is 0 Å². The van der Waals surface area contributed by atoms with Gasteiger partial charge in [0.15, 0.2) is 0 Å². The van der Waals surface area contributed by atoms with Crippen molar-refractivity contribution >= 4 is 0 Å². The average molecular weight is 139 g/mol. The van der Waals surface area contributed by atoms with Crippen molar-refractivity contribution in [3.63, 3.8) is 0 Å². The van der Waals surface area contributed by atoms with Crippen molar-refractivity contribution in [2.75, 3.05) is 0 Å². The van der Waals surface area contributed by atoms with E-state index in [0.717, 1.165) is 0 Å². The van der Waals surface area contributed by atoms with Gasteiger partial charge in [-0.05, 0) is 12.8 Å². The molecule has 0 aromatic carbocycles. The first kappa shape index (κ1) is 9.60. The predicted molar refractivity (Wildman–Crippen MR) is 32.2 cm³/mol. The van der Waals surface area contributed by atoms with Crippen LogP contribution in [0.1, 0.15) is 33.5 Å². The Morgan fingerprint density at radius 1 is 1.12 bits per heavy atom. The summed E-state index contributed by atoms with van der Waals surface area (Å²) in [5, 5.41) is 0. The van der Waals surface area contributed by atoms with Crippen molar-refractivity contribution in [3.05, 3.63) is 0 Å². The Hall–Kier alpha value is 1.60. The Balaban J connectivity index is 0. The van der Waals surface area contributed by atoms with E-state index in [-0.39, 0.29) is 52.8 Å². The van der Waals surface area contributed by atoms with Crippen LogP contribution in [0.5, 0.6) is 0 Å². The van der Waals surface area contributed by atoms with Crippen molar-refractivity contribution in [2.24, 2.45) is 5.73 Å². The Kier molecular flexibility index (Phi) is 6.46. The minimum atomic E-state index is 0. The van der Waals surface area contributed by atoms with Gasteiger partial charge in [-0.3, -0.25) is 0 Å². The fourth-order valence-corrected chi connectivity index (χ4v) is 1.13. The standard InChI is InChI=1S/C6H13N.K.H/c7-6-4-2-1-3-5-6;;/h6H,1-5,7H2;;/q;+1;-1. The SMILES string of the molecule is NC1CCCCC1.[H-].[K+]. The molecule has 1 fully saturated rings. The first-order chi connectivity index (χ1) is 3.39. The van der Waals surface area contributed by atoms with Gasteiger partial charge in [0.2, 0.25) is 0 Å². The van der Waals surface area contributed by atoms with Crippen LogP contribution in [0.4, 0.5) is 0 Å². The number of hydrogen-bond donors (Lipinski definition) is 1. The molecular formula is C6H14KN. The summed E-state index contributed by atoms with van der Waals surface area (Å²) in [6.45, 7) is 0. The van der Waals surface area contributed by atoms with E-state index in [0.29, 0.717) is 6.04 Å². The second-order valence-corrected chi connectivity index (χ2v) is 2.40. The van der Waals surface area contributed by atoms with Crippen LogP contribution in [0.2, 0.25) is 0 Å². The van der Waals surface area contributed by atoms with Crippen LogP contribution in [0.3, 0.4) is 0 Å². The van der Waals surface area contributed by atoms with Gasteiger partial charge in [0.25, 0.3) is 0 Å². The van der Waals surface area contributed by atoms with Gasteiger partial charge in [-0.2, -0.15) is 0 Å². The van der Waals surface area contributed by atoms with Crippen LogP contribution in [0, 0.1) is 0 Å². The van der Waals surface area contributed by atoms with Gasteiger partial charge in [-0.1, -0.05) is 19.3 Å². The molecule has 2 heteroatoms. The molecule has 0 heterocycles. The molecule has 1 rings (SSSR count).